The Morgan fingerprint density at radius 3 is 2.46 bits per heavy atom. The summed E-state index contributed by atoms with van der Waals surface area (Å²) in [4.78, 5) is 4.77. The standard InChI is InChI=1S/C39H33FN4O.Pt/c1-25(2)12-13-28-16-17-41-38(20-28)44-36-11-6-5-10-34(36)35-15-14-33(22-37(35)44)45-32-9-7-8-31(21-32)43-24-29(23-42-43)39-26(3)18-30(40)19-27(39)4;/h5-11,14-20,23-25H,12-13H2,1-4H3;/q-2;+2. The summed E-state index contributed by atoms with van der Waals surface area (Å²) >= 11 is 0. The van der Waals surface area contributed by atoms with Crippen molar-refractivity contribution in [3.63, 3.8) is 0 Å². The molecule has 0 saturated heterocycles. The number of hydrogen-bond donors (Lipinski definition) is 0. The zero-order valence-electron chi connectivity index (χ0n) is 26.1. The van der Waals surface area contributed by atoms with Gasteiger partial charge in [-0.2, -0.15) is 17.2 Å². The summed E-state index contributed by atoms with van der Waals surface area (Å²) in [5.41, 5.74) is 7.61. The summed E-state index contributed by atoms with van der Waals surface area (Å²) < 4.78 is 24.2. The van der Waals surface area contributed by atoms with Crippen LogP contribution in [0.4, 0.5) is 4.39 Å². The van der Waals surface area contributed by atoms with Crippen molar-refractivity contribution in [2.45, 2.75) is 40.5 Å². The van der Waals surface area contributed by atoms with Gasteiger partial charge in [0.15, 0.2) is 0 Å². The van der Waals surface area contributed by atoms with Crippen LogP contribution in [0.2, 0.25) is 0 Å². The number of hydrogen-bond acceptors (Lipinski definition) is 3. The number of para-hydroxylation sites is 1. The van der Waals surface area contributed by atoms with E-state index in [1.54, 1.807) is 23.0 Å². The minimum absolute atomic E-state index is 0. The minimum atomic E-state index is -0.235. The molecule has 0 aliphatic rings. The second kappa shape index (κ2) is 13.1. The van der Waals surface area contributed by atoms with E-state index in [4.69, 9.17) is 9.72 Å². The molecule has 46 heavy (non-hydrogen) atoms. The Labute approximate surface area is 282 Å². The molecule has 0 bridgehead atoms. The molecular formula is C39H33FN4OPt. The SMILES string of the molecule is Cc1cc(F)cc(C)c1-c1cnn(-c2[c-]c(Oc3[c-]c4c(cc3)c3ccccc3n4-c3cc(CCC(C)C)ccn3)ccc2)c1.[Pt+2]. The van der Waals surface area contributed by atoms with Crippen LogP contribution in [0, 0.1) is 37.7 Å². The third-order valence-electron chi connectivity index (χ3n) is 8.19. The molecule has 7 rings (SSSR count). The van der Waals surface area contributed by atoms with Crippen molar-refractivity contribution in [1.82, 2.24) is 19.3 Å². The van der Waals surface area contributed by atoms with Gasteiger partial charge < -0.3 is 9.30 Å². The van der Waals surface area contributed by atoms with Gasteiger partial charge in [-0.1, -0.05) is 37.6 Å². The third-order valence-corrected chi connectivity index (χ3v) is 8.19. The van der Waals surface area contributed by atoms with Crippen LogP contribution in [0.15, 0.2) is 97.5 Å². The fraction of sp³-hybridized carbons (Fsp3) is 0.179. The van der Waals surface area contributed by atoms with Gasteiger partial charge in [-0.05, 0) is 96.3 Å². The van der Waals surface area contributed by atoms with Gasteiger partial charge >= 0.3 is 21.1 Å². The fourth-order valence-corrected chi connectivity index (χ4v) is 6.06. The zero-order chi connectivity index (χ0) is 31.1. The van der Waals surface area contributed by atoms with Gasteiger partial charge in [0, 0.05) is 35.0 Å². The molecule has 7 heteroatoms. The number of aryl methyl sites for hydroxylation is 3. The summed E-state index contributed by atoms with van der Waals surface area (Å²) in [7, 11) is 0. The molecule has 4 aromatic carbocycles. The minimum Gasteiger partial charge on any atom is -0.509 e. The van der Waals surface area contributed by atoms with Crippen molar-refractivity contribution in [1.29, 1.82) is 0 Å². The van der Waals surface area contributed by atoms with E-state index in [1.807, 2.05) is 50.5 Å². The number of rotatable bonds is 8. The average molecular weight is 788 g/mol. The third kappa shape index (κ3) is 6.14. The number of ether oxygens (including phenoxy) is 1. The molecule has 0 amide bonds. The molecule has 0 saturated carbocycles. The summed E-state index contributed by atoms with van der Waals surface area (Å²) in [5.74, 6) is 2.39. The summed E-state index contributed by atoms with van der Waals surface area (Å²) in [5, 5.41) is 6.80. The summed E-state index contributed by atoms with van der Waals surface area (Å²) in [6.07, 6.45) is 7.76. The Morgan fingerprint density at radius 1 is 0.870 bits per heavy atom. The Balaban J connectivity index is 0.00000372. The Hall–Kier alpha value is -4.54. The van der Waals surface area contributed by atoms with E-state index >= 15 is 0 Å². The van der Waals surface area contributed by atoms with Crippen LogP contribution in [-0.2, 0) is 27.5 Å². The van der Waals surface area contributed by atoms with E-state index in [9.17, 15) is 4.39 Å². The Bertz CT molecular complexity index is 2160. The average Bonchev–Trinajstić information content (AvgIpc) is 3.63. The molecule has 0 atom stereocenters. The van der Waals surface area contributed by atoms with Crippen LogP contribution < -0.4 is 4.74 Å². The van der Waals surface area contributed by atoms with E-state index < -0.39 is 0 Å². The first-order chi connectivity index (χ1) is 21.8. The van der Waals surface area contributed by atoms with Crippen LogP contribution in [0.1, 0.15) is 37.0 Å². The van der Waals surface area contributed by atoms with Gasteiger partial charge in [0.1, 0.15) is 11.6 Å². The number of pyridine rings is 1. The van der Waals surface area contributed by atoms with Gasteiger partial charge in [0.25, 0.3) is 0 Å². The molecule has 5 nitrogen and oxygen atoms in total. The van der Waals surface area contributed by atoms with Crippen LogP contribution in [0.3, 0.4) is 0 Å². The van der Waals surface area contributed by atoms with E-state index in [0.29, 0.717) is 17.4 Å². The molecule has 0 fully saturated rings. The van der Waals surface area contributed by atoms with Crippen molar-refractivity contribution in [3.05, 3.63) is 132 Å². The normalized spacial score (nSPS) is 11.3. The molecule has 0 unspecified atom stereocenters. The fourth-order valence-electron chi connectivity index (χ4n) is 6.06. The van der Waals surface area contributed by atoms with Crippen LogP contribution in [0.5, 0.6) is 11.5 Å². The van der Waals surface area contributed by atoms with Gasteiger partial charge in [-0.15, -0.1) is 35.7 Å². The Kier molecular flexibility index (Phi) is 8.92. The number of aromatic nitrogens is 4. The van der Waals surface area contributed by atoms with E-state index in [2.05, 4.69) is 78.1 Å². The molecule has 0 aliphatic heterocycles. The van der Waals surface area contributed by atoms with Crippen LogP contribution in [0.25, 0.3) is 44.4 Å². The molecule has 0 aliphatic carbocycles. The Morgan fingerprint density at radius 2 is 1.65 bits per heavy atom. The van der Waals surface area contributed by atoms with Crippen molar-refractivity contribution >= 4 is 21.8 Å². The zero-order valence-corrected chi connectivity index (χ0v) is 28.4. The second-order valence-electron chi connectivity index (χ2n) is 12.0. The monoisotopic (exact) mass is 787 g/mol. The predicted octanol–water partition coefficient (Wildman–Crippen LogP) is 9.77. The summed E-state index contributed by atoms with van der Waals surface area (Å²) in [6, 6.07) is 32.4. The van der Waals surface area contributed by atoms with Crippen LogP contribution >= 0.6 is 0 Å². The van der Waals surface area contributed by atoms with Crippen LogP contribution in [-0.4, -0.2) is 19.3 Å². The molecule has 3 heterocycles. The first-order valence-corrected chi connectivity index (χ1v) is 15.3. The first-order valence-electron chi connectivity index (χ1n) is 15.3. The molecule has 232 valence electrons. The smallest absolute Gasteiger partial charge is 0.509 e. The quantitative estimate of drug-likeness (QED) is 0.144. The van der Waals surface area contributed by atoms with Gasteiger partial charge in [-0.3, -0.25) is 4.68 Å². The van der Waals surface area contributed by atoms with Gasteiger partial charge in [-0.25, -0.2) is 9.37 Å². The molecule has 0 spiro atoms. The van der Waals surface area contributed by atoms with E-state index in [1.165, 1.54) is 5.56 Å². The number of benzene rings is 4. The largest absolute Gasteiger partial charge is 2.00 e. The van der Waals surface area contributed by atoms with E-state index in [-0.39, 0.29) is 26.9 Å². The van der Waals surface area contributed by atoms with Crippen molar-refractivity contribution in [2.24, 2.45) is 5.92 Å². The summed E-state index contributed by atoms with van der Waals surface area (Å²) in [6.45, 7) is 8.33. The number of nitrogens with zero attached hydrogens (tertiary/aromatic N) is 4. The molecule has 7 aromatic rings. The predicted molar refractivity (Wildman–Crippen MR) is 178 cm³/mol. The van der Waals surface area contributed by atoms with Crippen molar-refractivity contribution in [3.8, 4) is 34.1 Å². The number of halogens is 1. The van der Waals surface area contributed by atoms with E-state index in [0.717, 1.165) is 68.4 Å². The molecule has 3 aromatic heterocycles. The molecule has 0 N–H and O–H groups in total. The topological polar surface area (TPSA) is 44.9 Å². The number of fused-ring (bicyclic) bond motifs is 3. The van der Waals surface area contributed by atoms with Crippen molar-refractivity contribution in [2.75, 3.05) is 0 Å². The molecular weight excluding hydrogens is 755 g/mol. The molecule has 0 radical (unpaired) electrons. The maximum absolute atomic E-state index is 13.9. The maximum Gasteiger partial charge on any atom is 2.00 e. The van der Waals surface area contributed by atoms with Gasteiger partial charge in [0.05, 0.1) is 6.20 Å². The first kappa shape index (κ1) is 31.4. The maximum atomic E-state index is 13.9. The second-order valence-corrected chi connectivity index (χ2v) is 12.0. The van der Waals surface area contributed by atoms with Gasteiger partial charge in [0.2, 0.25) is 0 Å². The van der Waals surface area contributed by atoms with Crippen molar-refractivity contribution < 1.29 is 30.2 Å².